The van der Waals surface area contributed by atoms with Gasteiger partial charge >= 0.3 is 6.18 Å². The van der Waals surface area contributed by atoms with Crippen LogP contribution in [0.5, 0.6) is 0 Å². The second-order valence-corrected chi connectivity index (χ2v) is 3.37. The monoisotopic (exact) mass is 235 g/mol. The molecule has 1 radical (unpaired) electrons. The molecule has 0 aromatic carbocycles. The van der Waals surface area contributed by atoms with Gasteiger partial charge in [-0.1, -0.05) is 6.08 Å². The van der Waals surface area contributed by atoms with Gasteiger partial charge < -0.3 is 9.47 Å². The Morgan fingerprint density at radius 3 is 2.69 bits per heavy atom. The van der Waals surface area contributed by atoms with Crippen molar-refractivity contribution >= 4 is 0 Å². The zero-order chi connectivity index (χ0) is 12.0. The first-order chi connectivity index (χ1) is 7.54. The summed E-state index contributed by atoms with van der Waals surface area (Å²) in [5.74, 6) is 0.265. The Balaban J connectivity index is 2.56. The summed E-state index contributed by atoms with van der Waals surface area (Å²) in [6, 6.07) is 0. The highest BCUT2D eigenvalue weighted by molar-refractivity contribution is 5.21. The molecule has 0 amide bonds. The minimum atomic E-state index is -4.37. The van der Waals surface area contributed by atoms with Gasteiger partial charge in [-0.25, -0.2) is 0 Å². The van der Waals surface area contributed by atoms with Crippen LogP contribution in [0.15, 0.2) is 24.0 Å². The van der Waals surface area contributed by atoms with Gasteiger partial charge in [0.1, 0.15) is 5.76 Å². The van der Waals surface area contributed by atoms with Crippen molar-refractivity contribution < 1.29 is 22.6 Å². The lowest BCUT2D eigenvalue weighted by molar-refractivity contribution is -0.212. The lowest BCUT2D eigenvalue weighted by atomic mass is 10.1. The molecule has 0 aromatic rings. The number of hydrogen-bond acceptors (Lipinski definition) is 2. The maximum absolute atomic E-state index is 12.6. The molecule has 2 nitrogen and oxygen atoms in total. The van der Waals surface area contributed by atoms with E-state index in [9.17, 15) is 13.2 Å². The first kappa shape index (κ1) is 13.1. The number of rotatable bonds is 5. The van der Waals surface area contributed by atoms with E-state index in [4.69, 9.17) is 4.74 Å². The van der Waals surface area contributed by atoms with Crippen molar-refractivity contribution in [2.45, 2.75) is 25.1 Å². The van der Waals surface area contributed by atoms with E-state index in [0.717, 1.165) is 0 Å². The first-order valence-electron chi connectivity index (χ1n) is 4.96. The molecule has 0 unspecified atom stereocenters. The van der Waals surface area contributed by atoms with Crippen LogP contribution in [0.3, 0.4) is 0 Å². The normalized spacial score (nSPS) is 18.1. The highest BCUT2D eigenvalue weighted by Gasteiger charge is 2.41. The van der Waals surface area contributed by atoms with Crippen LogP contribution in [0, 0.1) is 6.42 Å². The number of hydrogen-bond donors (Lipinski definition) is 0. The summed E-state index contributed by atoms with van der Waals surface area (Å²) in [7, 11) is 1.36. The van der Waals surface area contributed by atoms with Gasteiger partial charge in [0, 0.05) is 13.5 Å². The smallest absolute Gasteiger partial charge is 0.425 e. The Bertz CT molecular complexity index is 269. The standard InChI is InChI=1S/C11H14F3O2/c1-15-8-7-10(11(12,13)14)16-9-5-3-2-4-6-9/h2-3,5-6,10H,4,7-8H2,1H3/t10-/m1/s1. The van der Waals surface area contributed by atoms with E-state index >= 15 is 0 Å². The van der Waals surface area contributed by atoms with Crippen molar-refractivity contribution in [1.29, 1.82) is 0 Å². The third-order valence-electron chi connectivity index (χ3n) is 2.08. The van der Waals surface area contributed by atoms with Crippen LogP contribution in [0.1, 0.15) is 12.8 Å². The summed E-state index contributed by atoms with van der Waals surface area (Å²) >= 11 is 0. The lowest BCUT2D eigenvalue weighted by Gasteiger charge is -2.22. The zero-order valence-corrected chi connectivity index (χ0v) is 8.96. The van der Waals surface area contributed by atoms with E-state index in [0.29, 0.717) is 6.42 Å². The molecule has 91 valence electrons. The summed E-state index contributed by atoms with van der Waals surface area (Å²) in [4.78, 5) is 0. The zero-order valence-electron chi connectivity index (χ0n) is 8.96. The van der Waals surface area contributed by atoms with Crippen molar-refractivity contribution in [2.75, 3.05) is 13.7 Å². The van der Waals surface area contributed by atoms with E-state index in [1.54, 1.807) is 12.2 Å². The summed E-state index contributed by atoms with van der Waals surface area (Å²) in [5, 5.41) is 0. The number of methoxy groups -OCH3 is 1. The summed E-state index contributed by atoms with van der Waals surface area (Å²) < 4.78 is 47.2. The molecular weight excluding hydrogens is 221 g/mol. The molecule has 0 aromatic heterocycles. The van der Waals surface area contributed by atoms with E-state index in [1.807, 2.05) is 6.42 Å². The quantitative estimate of drug-likeness (QED) is 0.729. The van der Waals surface area contributed by atoms with Gasteiger partial charge in [-0.15, -0.1) is 0 Å². The van der Waals surface area contributed by atoms with Gasteiger partial charge in [0.25, 0.3) is 0 Å². The van der Waals surface area contributed by atoms with Crippen LogP contribution in [0.4, 0.5) is 13.2 Å². The van der Waals surface area contributed by atoms with Gasteiger partial charge in [-0.05, 0) is 25.0 Å². The molecule has 0 spiro atoms. The fourth-order valence-electron chi connectivity index (χ4n) is 1.26. The molecule has 1 rings (SSSR count). The molecule has 5 heteroatoms. The summed E-state index contributed by atoms with van der Waals surface area (Å²) in [5.41, 5.74) is 0. The van der Waals surface area contributed by atoms with Gasteiger partial charge in [0.05, 0.1) is 6.61 Å². The molecule has 0 aliphatic heterocycles. The minimum Gasteiger partial charge on any atom is -0.481 e. The Morgan fingerprint density at radius 1 is 1.44 bits per heavy atom. The molecule has 0 bridgehead atoms. The average Bonchev–Trinajstić information content (AvgIpc) is 2.24. The SMILES string of the molecule is COCC[C@@H](OC1=CC[CH]C=C1)C(F)(F)F. The number of allylic oxidation sites excluding steroid dienone is 3. The maximum atomic E-state index is 12.6. The minimum absolute atomic E-state index is 0.0211. The van der Waals surface area contributed by atoms with Crippen molar-refractivity contribution in [3.05, 3.63) is 30.4 Å². The fraction of sp³-hybridized carbons (Fsp3) is 0.545. The molecule has 0 fully saturated rings. The third kappa shape index (κ3) is 4.26. The molecule has 0 saturated carbocycles. The van der Waals surface area contributed by atoms with Gasteiger partial charge in [-0.3, -0.25) is 0 Å². The molecular formula is C11H14F3O2. The lowest BCUT2D eigenvalue weighted by Crippen LogP contribution is -2.32. The number of ether oxygens (including phenoxy) is 2. The van der Waals surface area contributed by atoms with Gasteiger partial charge in [-0.2, -0.15) is 13.2 Å². The van der Waals surface area contributed by atoms with Crippen LogP contribution >= 0.6 is 0 Å². The Morgan fingerprint density at radius 2 is 2.19 bits per heavy atom. The van der Waals surface area contributed by atoms with Gasteiger partial charge in [0.15, 0.2) is 6.10 Å². The van der Waals surface area contributed by atoms with Crippen LogP contribution in [0.25, 0.3) is 0 Å². The third-order valence-corrected chi connectivity index (χ3v) is 2.08. The van der Waals surface area contributed by atoms with Crippen LogP contribution in [-0.4, -0.2) is 26.0 Å². The molecule has 1 atom stereocenters. The first-order valence-corrected chi connectivity index (χ1v) is 4.96. The predicted octanol–water partition coefficient (Wildman–Crippen LogP) is 3.02. The van der Waals surface area contributed by atoms with E-state index in [1.165, 1.54) is 13.2 Å². The largest absolute Gasteiger partial charge is 0.481 e. The molecule has 1 aliphatic rings. The van der Waals surface area contributed by atoms with Crippen molar-refractivity contribution in [1.82, 2.24) is 0 Å². The Hall–Kier alpha value is -0.970. The molecule has 0 saturated heterocycles. The summed E-state index contributed by atoms with van der Waals surface area (Å²) in [6.07, 6.45) is 0.885. The van der Waals surface area contributed by atoms with E-state index < -0.39 is 12.3 Å². The van der Waals surface area contributed by atoms with E-state index in [-0.39, 0.29) is 18.8 Å². The molecule has 1 aliphatic carbocycles. The van der Waals surface area contributed by atoms with Gasteiger partial charge in [0.2, 0.25) is 0 Å². The van der Waals surface area contributed by atoms with Crippen LogP contribution in [0.2, 0.25) is 0 Å². The second-order valence-electron chi connectivity index (χ2n) is 3.37. The second kappa shape index (κ2) is 5.94. The highest BCUT2D eigenvalue weighted by atomic mass is 19.4. The van der Waals surface area contributed by atoms with E-state index in [2.05, 4.69) is 4.74 Å². The van der Waals surface area contributed by atoms with Crippen molar-refractivity contribution in [2.24, 2.45) is 0 Å². The summed E-state index contributed by atoms with van der Waals surface area (Å²) in [6.45, 7) is 0.0211. The Labute approximate surface area is 92.7 Å². The Kier molecular flexibility index (Phi) is 4.86. The predicted molar refractivity (Wildman–Crippen MR) is 53.6 cm³/mol. The fourth-order valence-corrected chi connectivity index (χ4v) is 1.26. The highest BCUT2D eigenvalue weighted by Crippen LogP contribution is 2.28. The van der Waals surface area contributed by atoms with Crippen LogP contribution in [-0.2, 0) is 9.47 Å². The van der Waals surface area contributed by atoms with Crippen LogP contribution < -0.4 is 0 Å². The molecule has 0 heterocycles. The molecule has 16 heavy (non-hydrogen) atoms. The topological polar surface area (TPSA) is 18.5 Å². The molecule has 0 N–H and O–H groups in total. The maximum Gasteiger partial charge on any atom is 0.425 e. The number of halogens is 3. The van der Waals surface area contributed by atoms with Crippen molar-refractivity contribution in [3.63, 3.8) is 0 Å². The number of alkyl halides is 3. The average molecular weight is 235 g/mol. The van der Waals surface area contributed by atoms with Crippen molar-refractivity contribution in [3.8, 4) is 0 Å².